The van der Waals surface area contributed by atoms with Crippen molar-refractivity contribution in [2.75, 3.05) is 13.1 Å². The molecule has 2 aromatic carbocycles. The molecule has 3 aromatic rings. The summed E-state index contributed by atoms with van der Waals surface area (Å²) < 4.78 is 29.9. The van der Waals surface area contributed by atoms with E-state index in [9.17, 15) is 13.6 Å². The van der Waals surface area contributed by atoms with Gasteiger partial charge in [0.05, 0.1) is 16.9 Å². The number of rotatable bonds is 3. The number of amides is 1. The van der Waals surface area contributed by atoms with Gasteiger partial charge in [-0.1, -0.05) is 37.3 Å². The van der Waals surface area contributed by atoms with E-state index in [-0.39, 0.29) is 11.6 Å². The minimum atomic E-state index is -0.660. The first kappa shape index (κ1) is 19.4. The number of halogens is 2. The number of aromatic nitrogens is 1. The topological polar surface area (TPSA) is 25.2 Å². The molecule has 0 aliphatic carbocycles. The van der Waals surface area contributed by atoms with E-state index in [2.05, 4.69) is 6.92 Å². The molecule has 29 heavy (non-hydrogen) atoms. The van der Waals surface area contributed by atoms with Gasteiger partial charge < -0.3 is 9.47 Å². The van der Waals surface area contributed by atoms with Crippen molar-refractivity contribution >= 4 is 5.91 Å². The van der Waals surface area contributed by atoms with Crippen LogP contribution in [0.5, 0.6) is 0 Å². The van der Waals surface area contributed by atoms with Gasteiger partial charge in [-0.2, -0.15) is 0 Å². The average Bonchev–Trinajstić information content (AvgIpc) is 3.06. The van der Waals surface area contributed by atoms with Gasteiger partial charge in [-0.3, -0.25) is 4.79 Å². The van der Waals surface area contributed by atoms with Crippen LogP contribution in [0.25, 0.3) is 16.9 Å². The van der Waals surface area contributed by atoms with Crippen LogP contribution in [-0.2, 0) is 0 Å². The Hall–Kier alpha value is -2.95. The molecule has 0 atom stereocenters. The predicted octanol–water partition coefficient (Wildman–Crippen LogP) is 5.60. The van der Waals surface area contributed by atoms with Crippen molar-refractivity contribution in [1.82, 2.24) is 9.47 Å². The molecule has 1 amide bonds. The normalized spacial score (nSPS) is 15.0. The highest BCUT2D eigenvalue weighted by molar-refractivity contribution is 5.97. The van der Waals surface area contributed by atoms with Crippen molar-refractivity contribution in [3.8, 4) is 16.9 Å². The summed E-state index contributed by atoms with van der Waals surface area (Å²) in [5.74, 6) is -0.700. The molecule has 2 heterocycles. The summed E-state index contributed by atoms with van der Waals surface area (Å²) in [5.41, 5.74) is 3.02. The van der Waals surface area contributed by atoms with Crippen molar-refractivity contribution < 1.29 is 13.6 Å². The van der Waals surface area contributed by atoms with Gasteiger partial charge >= 0.3 is 0 Å². The van der Waals surface area contributed by atoms with Gasteiger partial charge in [0.25, 0.3) is 5.91 Å². The van der Waals surface area contributed by atoms with Crippen LogP contribution in [0.3, 0.4) is 0 Å². The summed E-state index contributed by atoms with van der Waals surface area (Å²) in [5, 5.41) is 0. The van der Waals surface area contributed by atoms with Gasteiger partial charge in [-0.05, 0) is 49.4 Å². The fraction of sp³-hybridized carbons (Fsp3) is 0.292. The van der Waals surface area contributed by atoms with E-state index in [4.69, 9.17) is 0 Å². The zero-order valence-corrected chi connectivity index (χ0v) is 16.7. The summed E-state index contributed by atoms with van der Waals surface area (Å²) in [6, 6.07) is 14.9. The molecule has 0 unspecified atom stereocenters. The van der Waals surface area contributed by atoms with E-state index in [1.165, 1.54) is 12.1 Å². The van der Waals surface area contributed by atoms with Crippen LogP contribution in [0.4, 0.5) is 8.78 Å². The Morgan fingerprint density at radius 2 is 1.69 bits per heavy atom. The van der Waals surface area contributed by atoms with Crippen molar-refractivity contribution in [1.29, 1.82) is 0 Å². The van der Waals surface area contributed by atoms with Gasteiger partial charge in [0.1, 0.15) is 11.6 Å². The molecule has 5 heteroatoms. The monoisotopic (exact) mass is 394 g/mol. The highest BCUT2D eigenvalue weighted by Gasteiger charge is 2.26. The standard InChI is InChI=1S/C24H24F2N2O/c1-16-10-12-27(13-11-16)24(29)20-15-23(18-6-4-3-5-7-18)28(17(20)2)22-9-8-19(25)14-21(22)26/h3-9,14-16H,10-13H2,1-2H3. The number of carbonyl (C=O) groups is 1. The third kappa shape index (κ3) is 3.69. The largest absolute Gasteiger partial charge is 0.339 e. The van der Waals surface area contributed by atoms with E-state index in [1.807, 2.05) is 48.2 Å². The van der Waals surface area contributed by atoms with Crippen molar-refractivity contribution in [2.24, 2.45) is 5.92 Å². The summed E-state index contributed by atoms with van der Waals surface area (Å²) >= 11 is 0. The van der Waals surface area contributed by atoms with E-state index < -0.39 is 11.6 Å². The van der Waals surface area contributed by atoms with Crippen LogP contribution in [0, 0.1) is 24.5 Å². The maximum absolute atomic E-state index is 14.7. The fourth-order valence-corrected chi connectivity index (χ4v) is 4.00. The van der Waals surface area contributed by atoms with Crippen molar-refractivity contribution in [3.63, 3.8) is 0 Å². The predicted molar refractivity (Wildman–Crippen MR) is 110 cm³/mol. The minimum absolute atomic E-state index is 0.0344. The molecular weight excluding hydrogens is 370 g/mol. The molecule has 1 saturated heterocycles. The van der Waals surface area contributed by atoms with Gasteiger partial charge in [0.2, 0.25) is 0 Å². The minimum Gasteiger partial charge on any atom is -0.339 e. The van der Waals surface area contributed by atoms with E-state index in [0.29, 0.717) is 22.9 Å². The zero-order valence-electron chi connectivity index (χ0n) is 16.7. The second-order valence-corrected chi connectivity index (χ2v) is 7.80. The lowest BCUT2D eigenvalue weighted by atomic mass is 9.98. The first-order valence-corrected chi connectivity index (χ1v) is 9.98. The third-order valence-electron chi connectivity index (χ3n) is 5.77. The van der Waals surface area contributed by atoms with Crippen molar-refractivity contribution in [3.05, 3.63) is 77.5 Å². The Kier molecular flexibility index (Phi) is 5.22. The lowest BCUT2D eigenvalue weighted by molar-refractivity contribution is 0.0696. The lowest BCUT2D eigenvalue weighted by Crippen LogP contribution is -2.38. The maximum Gasteiger partial charge on any atom is 0.255 e. The van der Waals surface area contributed by atoms with Gasteiger partial charge in [-0.25, -0.2) is 8.78 Å². The molecule has 0 bridgehead atoms. The number of carbonyl (C=O) groups excluding carboxylic acids is 1. The molecule has 1 fully saturated rings. The molecule has 0 saturated carbocycles. The smallest absolute Gasteiger partial charge is 0.255 e. The first-order valence-electron chi connectivity index (χ1n) is 9.98. The molecule has 3 nitrogen and oxygen atoms in total. The van der Waals surface area contributed by atoms with E-state index in [0.717, 1.165) is 37.6 Å². The quantitative estimate of drug-likeness (QED) is 0.567. The molecular formula is C24H24F2N2O. The number of hydrogen-bond acceptors (Lipinski definition) is 1. The number of piperidine rings is 1. The van der Waals surface area contributed by atoms with Crippen molar-refractivity contribution in [2.45, 2.75) is 26.7 Å². The van der Waals surface area contributed by atoms with Crippen LogP contribution < -0.4 is 0 Å². The van der Waals surface area contributed by atoms with Gasteiger partial charge in [0.15, 0.2) is 0 Å². The zero-order chi connectivity index (χ0) is 20.5. The van der Waals surface area contributed by atoms with Crippen LogP contribution in [-0.4, -0.2) is 28.5 Å². The molecule has 0 spiro atoms. The number of likely N-dealkylation sites (tertiary alicyclic amines) is 1. The maximum atomic E-state index is 14.7. The Morgan fingerprint density at radius 1 is 1.00 bits per heavy atom. The van der Waals surface area contributed by atoms with Crippen LogP contribution in [0.1, 0.15) is 35.8 Å². The number of benzene rings is 2. The third-order valence-corrected chi connectivity index (χ3v) is 5.77. The SMILES string of the molecule is Cc1c(C(=O)N2CCC(C)CC2)cc(-c2ccccc2)n1-c1ccc(F)cc1F. The summed E-state index contributed by atoms with van der Waals surface area (Å²) in [6.45, 7) is 5.48. The Morgan fingerprint density at radius 3 is 2.34 bits per heavy atom. The molecule has 150 valence electrons. The summed E-state index contributed by atoms with van der Waals surface area (Å²) in [6.07, 6.45) is 1.98. The molecule has 1 aromatic heterocycles. The summed E-state index contributed by atoms with van der Waals surface area (Å²) in [7, 11) is 0. The van der Waals surface area contributed by atoms with E-state index in [1.54, 1.807) is 4.57 Å². The van der Waals surface area contributed by atoms with Gasteiger partial charge in [-0.15, -0.1) is 0 Å². The Balaban J connectivity index is 1.84. The number of nitrogens with zero attached hydrogens (tertiary/aromatic N) is 2. The van der Waals surface area contributed by atoms with Gasteiger partial charge in [0, 0.05) is 24.8 Å². The Labute approximate surface area is 169 Å². The fourth-order valence-electron chi connectivity index (χ4n) is 4.00. The van der Waals surface area contributed by atoms with Crippen LogP contribution in [0.15, 0.2) is 54.6 Å². The highest BCUT2D eigenvalue weighted by atomic mass is 19.1. The van der Waals surface area contributed by atoms with E-state index >= 15 is 0 Å². The molecule has 4 rings (SSSR count). The van der Waals surface area contributed by atoms with Crippen LogP contribution >= 0.6 is 0 Å². The first-order chi connectivity index (χ1) is 14.0. The lowest BCUT2D eigenvalue weighted by Gasteiger charge is -2.30. The number of hydrogen-bond donors (Lipinski definition) is 0. The molecule has 0 N–H and O–H groups in total. The second-order valence-electron chi connectivity index (χ2n) is 7.80. The average molecular weight is 394 g/mol. The second kappa shape index (κ2) is 7.82. The van der Waals surface area contributed by atoms with Crippen LogP contribution in [0.2, 0.25) is 0 Å². The molecule has 0 radical (unpaired) electrons. The summed E-state index contributed by atoms with van der Waals surface area (Å²) in [4.78, 5) is 15.1. The Bertz CT molecular complexity index is 1030. The molecule has 1 aliphatic heterocycles. The molecule has 1 aliphatic rings. The highest BCUT2D eigenvalue weighted by Crippen LogP contribution is 2.32.